The number of hydrogen-bond donors (Lipinski definition) is 1. The molecule has 4 rings (SSSR count). The number of benzene rings is 3. The van der Waals surface area contributed by atoms with Gasteiger partial charge in [0.15, 0.2) is 0 Å². The molecule has 1 heterocycles. The molecule has 0 unspecified atom stereocenters. The second kappa shape index (κ2) is 12.7. The van der Waals surface area contributed by atoms with Crippen molar-refractivity contribution in [1.82, 2.24) is 25.2 Å². The number of aromatic nitrogens is 3. The number of methoxy groups -OCH3 is 3. The standard InChI is InChI=1S/C31H37N5O5/c1-7-31(2,3)32-30(38)29(23-17-16-22(39-4)18-27(23)41-6)35(19-21-12-8-11-15-26(21)40-5)28(37)20-36-25-14-10-9-13-24(25)33-34-36/h8-18,29H,7,19-20H2,1-6H3,(H,32,38)/t29-/m0/s1. The highest BCUT2D eigenvalue weighted by molar-refractivity contribution is 5.90. The molecule has 10 heteroatoms. The molecule has 0 aliphatic heterocycles. The summed E-state index contributed by atoms with van der Waals surface area (Å²) in [6, 6.07) is 19.0. The number of para-hydroxylation sites is 2. The van der Waals surface area contributed by atoms with Crippen molar-refractivity contribution in [3.63, 3.8) is 0 Å². The summed E-state index contributed by atoms with van der Waals surface area (Å²) in [5, 5.41) is 11.5. The predicted octanol–water partition coefficient (Wildman–Crippen LogP) is 4.53. The van der Waals surface area contributed by atoms with Crippen molar-refractivity contribution in [3.05, 3.63) is 77.9 Å². The van der Waals surface area contributed by atoms with Crippen molar-refractivity contribution < 1.29 is 23.8 Å². The summed E-state index contributed by atoms with van der Waals surface area (Å²) in [4.78, 5) is 30.0. The molecule has 1 atom stereocenters. The molecule has 0 aliphatic rings. The Labute approximate surface area is 240 Å². The first-order chi connectivity index (χ1) is 19.7. The number of rotatable bonds is 12. The lowest BCUT2D eigenvalue weighted by molar-refractivity contribution is -0.143. The summed E-state index contributed by atoms with van der Waals surface area (Å²) in [6.07, 6.45) is 0.691. The molecule has 0 fully saturated rings. The monoisotopic (exact) mass is 559 g/mol. The average Bonchev–Trinajstić information content (AvgIpc) is 3.39. The molecule has 1 N–H and O–H groups in total. The number of ether oxygens (including phenoxy) is 3. The molecule has 1 aromatic heterocycles. The van der Waals surface area contributed by atoms with E-state index < -0.39 is 11.6 Å². The predicted molar refractivity (Wildman–Crippen MR) is 156 cm³/mol. The fourth-order valence-corrected chi connectivity index (χ4v) is 4.58. The van der Waals surface area contributed by atoms with Gasteiger partial charge in [-0.25, -0.2) is 4.68 Å². The smallest absolute Gasteiger partial charge is 0.248 e. The van der Waals surface area contributed by atoms with E-state index >= 15 is 0 Å². The van der Waals surface area contributed by atoms with Crippen LogP contribution in [0, 0.1) is 0 Å². The van der Waals surface area contributed by atoms with Crippen LogP contribution in [0.5, 0.6) is 17.2 Å². The molecule has 0 aliphatic carbocycles. The van der Waals surface area contributed by atoms with Gasteiger partial charge in [0.1, 0.15) is 35.4 Å². The number of carbonyl (C=O) groups is 2. The topological polar surface area (TPSA) is 108 Å². The summed E-state index contributed by atoms with van der Waals surface area (Å²) in [6.45, 7) is 5.85. The average molecular weight is 560 g/mol. The van der Waals surface area contributed by atoms with Crippen LogP contribution >= 0.6 is 0 Å². The molecule has 0 saturated carbocycles. The molecular formula is C31H37N5O5. The number of amides is 2. The number of nitrogens with zero attached hydrogens (tertiary/aromatic N) is 4. The molecule has 3 aromatic carbocycles. The van der Waals surface area contributed by atoms with Crippen molar-refractivity contribution in [2.24, 2.45) is 0 Å². The molecule has 0 bridgehead atoms. The van der Waals surface area contributed by atoms with Gasteiger partial charge in [-0.1, -0.05) is 42.5 Å². The highest BCUT2D eigenvalue weighted by atomic mass is 16.5. The van der Waals surface area contributed by atoms with E-state index in [9.17, 15) is 9.59 Å². The molecule has 216 valence electrons. The minimum absolute atomic E-state index is 0.0926. The third kappa shape index (κ3) is 6.59. The minimum Gasteiger partial charge on any atom is -0.497 e. The first-order valence-corrected chi connectivity index (χ1v) is 13.4. The lowest BCUT2D eigenvalue weighted by Gasteiger charge is -2.35. The lowest BCUT2D eigenvalue weighted by Crippen LogP contribution is -2.50. The maximum atomic E-state index is 14.3. The fourth-order valence-electron chi connectivity index (χ4n) is 4.58. The van der Waals surface area contributed by atoms with Crippen molar-refractivity contribution in [1.29, 1.82) is 0 Å². The number of fused-ring (bicyclic) bond motifs is 1. The zero-order chi connectivity index (χ0) is 29.6. The Morgan fingerprint density at radius 1 is 0.951 bits per heavy atom. The molecule has 4 aromatic rings. The summed E-state index contributed by atoms with van der Waals surface area (Å²) < 4.78 is 18.3. The molecule has 0 spiro atoms. The largest absolute Gasteiger partial charge is 0.497 e. The van der Waals surface area contributed by atoms with Crippen LogP contribution in [0.4, 0.5) is 0 Å². The fraction of sp³-hybridized carbons (Fsp3) is 0.355. The van der Waals surface area contributed by atoms with Gasteiger partial charge >= 0.3 is 0 Å². The van der Waals surface area contributed by atoms with Crippen molar-refractivity contribution in [2.45, 2.75) is 51.9 Å². The lowest BCUT2D eigenvalue weighted by atomic mass is 9.97. The first-order valence-electron chi connectivity index (χ1n) is 13.4. The first kappa shape index (κ1) is 29.4. The molecule has 41 heavy (non-hydrogen) atoms. The Kier molecular flexibility index (Phi) is 9.11. The second-order valence-corrected chi connectivity index (χ2v) is 10.3. The summed E-state index contributed by atoms with van der Waals surface area (Å²) in [7, 11) is 4.66. The third-order valence-corrected chi connectivity index (χ3v) is 7.20. The van der Waals surface area contributed by atoms with Gasteiger partial charge in [-0.3, -0.25) is 9.59 Å². The van der Waals surface area contributed by atoms with Crippen LogP contribution in [0.25, 0.3) is 11.0 Å². The molecular weight excluding hydrogens is 522 g/mol. The molecule has 0 saturated heterocycles. The van der Waals surface area contributed by atoms with Gasteiger partial charge in [-0.15, -0.1) is 5.10 Å². The quantitative estimate of drug-likeness (QED) is 0.272. The number of carbonyl (C=O) groups excluding carboxylic acids is 2. The SMILES string of the molecule is CCC(C)(C)NC(=O)[C@H](c1ccc(OC)cc1OC)N(Cc1ccccc1OC)C(=O)Cn1nnc2ccccc21. The van der Waals surface area contributed by atoms with E-state index in [1.54, 1.807) is 42.0 Å². The zero-order valence-electron chi connectivity index (χ0n) is 24.4. The van der Waals surface area contributed by atoms with Gasteiger partial charge in [0, 0.05) is 22.7 Å². The number of hydrogen-bond acceptors (Lipinski definition) is 7. The van der Waals surface area contributed by atoms with E-state index in [2.05, 4.69) is 15.6 Å². The Morgan fingerprint density at radius 2 is 1.66 bits per heavy atom. The van der Waals surface area contributed by atoms with Crippen LogP contribution in [0.2, 0.25) is 0 Å². The van der Waals surface area contributed by atoms with Gasteiger partial charge in [0.2, 0.25) is 11.8 Å². The van der Waals surface area contributed by atoms with Crippen molar-refractivity contribution >= 4 is 22.8 Å². The summed E-state index contributed by atoms with van der Waals surface area (Å²) >= 11 is 0. The van der Waals surface area contributed by atoms with Gasteiger partial charge < -0.3 is 24.4 Å². The number of nitrogens with one attached hydrogen (secondary N) is 1. The van der Waals surface area contributed by atoms with Crippen LogP contribution < -0.4 is 19.5 Å². The third-order valence-electron chi connectivity index (χ3n) is 7.20. The van der Waals surface area contributed by atoms with E-state index in [1.165, 1.54) is 7.11 Å². The summed E-state index contributed by atoms with van der Waals surface area (Å²) in [5.74, 6) is 0.912. The van der Waals surface area contributed by atoms with E-state index in [1.807, 2.05) is 69.3 Å². The van der Waals surface area contributed by atoms with Gasteiger partial charge in [-0.05, 0) is 50.6 Å². The van der Waals surface area contributed by atoms with E-state index in [4.69, 9.17) is 14.2 Å². The van der Waals surface area contributed by atoms with Crippen LogP contribution in [0.1, 0.15) is 44.4 Å². The molecule has 2 amide bonds. The van der Waals surface area contributed by atoms with Gasteiger partial charge in [-0.2, -0.15) is 0 Å². The Morgan fingerprint density at radius 3 is 2.37 bits per heavy atom. The second-order valence-electron chi connectivity index (χ2n) is 10.3. The maximum absolute atomic E-state index is 14.3. The van der Waals surface area contributed by atoms with Gasteiger partial charge in [0.05, 0.1) is 33.4 Å². The Hall–Kier alpha value is -4.60. The van der Waals surface area contributed by atoms with Crippen molar-refractivity contribution in [2.75, 3.05) is 21.3 Å². The van der Waals surface area contributed by atoms with Crippen LogP contribution in [-0.2, 0) is 22.7 Å². The van der Waals surface area contributed by atoms with Gasteiger partial charge in [0.25, 0.3) is 0 Å². The van der Waals surface area contributed by atoms with Crippen LogP contribution in [-0.4, -0.2) is 58.6 Å². The van der Waals surface area contributed by atoms with Crippen LogP contribution in [0.15, 0.2) is 66.7 Å². The Bertz CT molecular complexity index is 1520. The van der Waals surface area contributed by atoms with E-state index in [-0.39, 0.29) is 24.9 Å². The van der Waals surface area contributed by atoms with E-state index in [0.717, 1.165) is 5.56 Å². The normalized spacial score (nSPS) is 12.0. The zero-order valence-corrected chi connectivity index (χ0v) is 24.4. The summed E-state index contributed by atoms with van der Waals surface area (Å²) in [5.41, 5.74) is 2.13. The van der Waals surface area contributed by atoms with Crippen LogP contribution in [0.3, 0.4) is 0 Å². The highest BCUT2D eigenvalue weighted by Gasteiger charge is 2.36. The molecule has 0 radical (unpaired) electrons. The molecule has 10 nitrogen and oxygen atoms in total. The minimum atomic E-state index is -1.05. The van der Waals surface area contributed by atoms with E-state index in [0.29, 0.717) is 40.3 Å². The Balaban J connectivity index is 1.86. The van der Waals surface area contributed by atoms with Crippen molar-refractivity contribution in [3.8, 4) is 17.2 Å². The maximum Gasteiger partial charge on any atom is 0.248 e. The highest BCUT2D eigenvalue weighted by Crippen LogP contribution is 2.35.